The first-order chi connectivity index (χ1) is 14.0. The molecular formula is C23H28N4O2. The topological polar surface area (TPSA) is 69.3 Å². The smallest absolute Gasteiger partial charge is 0.254 e. The zero-order valence-corrected chi connectivity index (χ0v) is 17.2. The number of aryl methyl sites for hydroxylation is 2. The second-order valence-electron chi connectivity index (χ2n) is 8.89. The minimum absolute atomic E-state index is 0.0930. The Labute approximate surface area is 171 Å². The molecule has 152 valence electrons. The molecule has 0 radical (unpaired) electrons. The highest BCUT2D eigenvalue weighted by atomic mass is 16.2. The van der Waals surface area contributed by atoms with Gasteiger partial charge in [0.05, 0.1) is 17.6 Å². The number of carbonyl (C=O) groups is 2. The number of hydrogen-bond acceptors (Lipinski definition) is 3. The third-order valence-electron chi connectivity index (χ3n) is 6.94. The van der Waals surface area contributed by atoms with Crippen molar-refractivity contribution in [1.29, 1.82) is 0 Å². The third-order valence-corrected chi connectivity index (χ3v) is 6.94. The number of piperidine rings is 1. The molecule has 1 aliphatic carbocycles. The molecule has 3 heterocycles. The molecule has 1 aromatic carbocycles. The Balaban J connectivity index is 1.41. The maximum Gasteiger partial charge on any atom is 0.254 e. The van der Waals surface area contributed by atoms with E-state index in [1.54, 1.807) is 6.33 Å². The summed E-state index contributed by atoms with van der Waals surface area (Å²) in [7, 11) is 0. The fraction of sp³-hybridized carbons (Fsp3) is 0.522. The molecule has 2 aromatic rings. The first-order valence-electron chi connectivity index (χ1n) is 10.7. The van der Waals surface area contributed by atoms with Crippen LogP contribution in [0.4, 0.5) is 0 Å². The van der Waals surface area contributed by atoms with Crippen LogP contribution in [0.3, 0.4) is 0 Å². The van der Waals surface area contributed by atoms with Gasteiger partial charge in [-0.25, -0.2) is 4.98 Å². The van der Waals surface area contributed by atoms with Crippen LogP contribution >= 0.6 is 0 Å². The molecule has 1 aromatic heterocycles. The molecule has 0 unspecified atom stereocenters. The molecule has 0 bridgehead atoms. The van der Waals surface area contributed by atoms with Gasteiger partial charge in [0, 0.05) is 43.2 Å². The number of likely N-dealkylation sites (tertiary alicyclic amines) is 1. The fourth-order valence-electron chi connectivity index (χ4n) is 5.16. The van der Waals surface area contributed by atoms with Crippen LogP contribution < -0.4 is 0 Å². The molecule has 2 fully saturated rings. The number of aromatic amines is 1. The highest BCUT2D eigenvalue weighted by Crippen LogP contribution is 2.45. The molecule has 2 aliphatic heterocycles. The van der Waals surface area contributed by atoms with Crippen molar-refractivity contribution in [2.24, 2.45) is 5.92 Å². The summed E-state index contributed by atoms with van der Waals surface area (Å²) in [5, 5.41) is 0. The molecule has 29 heavy (non-hydrogen) atoms. The predicted octanol–water partition coefficient (Wildman–Crippen LogP) is 2.95. The number of hydrogen-bond donors (Lipinski definition) is 1. The quantitative estimate of drug-likeness (QED) is 0.854. The summed E-state index contributed by atoms with van der Waals surface area (Å²) >= 11 is 0. The molecule has 1 saturated heterocycles. The van der Waals surface area contributed by atoms with Gasteiger partial charge in [0.15, 0.2) is 0 Å². The Kier molecular flexibility index (Phi) is 4.26. The number of nitrogens with zero attached hydrogens (tertiary/aromatic N) is 3. The predicted molar refractivity (Wildman–Crippen MR) is 109 cm³/mol. The van der Waals surface area contributed by atoms with Crippen LogP contribution in [0.1, 0.15) is 58.6 Å². The molecule has 1 N–H and O–H groups in total. The second-order valence-corrected chi connectivity index (χ2v) is 8.89. The lowest BCUT2D eigenvalue weighted by Crippen LogP contribution is -2.59. The van der Waals surface area contributed by atoms with Gasteiger partial charge in [-0.2, -0.15) is 0 Å². The number of aromatic nitrogens is 2. The van der Waals surface area contributed by atoms with E-state index >= 15 is 0 Å². The number of imidazole rings is 1. The average Bonchev–Trinajstić information content (AvgIpc) is 3.45. The fourth-order valence-corrected chi connectivity index (χ4v) is 5.16. The molecule has 2 amide bonds. The molecule has 0 atom stereocenters. The minimum Gasteiger partial charge on any atom is -0.348 e. The summed E-state index contributed by atoms with van der Waals surface area (Å²) in [4.78, 5) is 38.2. The van der Waals surface area contributed by atoms with Gasteiger partial charge in [-0.15, -0.1) is 0 Å². The number of nitrogens with one attached hydrogen (secondary N) is 1. The number of fused-ring (bicyclic) bond motifs is 2. The van der Waals surface area contributed by atoms with Gasteiger partial charge in [0.2, 0.25) is 5.91 Å². The maximum absolute atomic E-state index is 13.2. The first-order valence-corrected chi connectivity index (χ1v) is 10.7. The second kappa shape index (κ2) is 6.71. The summed E-state index contributed by atoms with van der Waals surface area (Å²) in [6.45, 7) is 6.08. The summed E-state index contributed by atoms with van der Waals surface area (Å²) < 4.78 is 0. The Morgan fingerprint density at radius 1 is 1.14 bits per heavy atom. The molecule has 5 rings (SSSR count). The van der Waals surface area contributed by atoms with E-state index in [0.29, 0.717) is 13.1 Å². The van der Waals surface area contributed by atoms with Crippen LogP contribution in [0.2, 0.25) is 0 Å². The van der Waals surface area contributed by atoms with Crippen LogP contribution in [-0.2, 0) is 16.8 Å². The molecular weight excluding hydrogens is 364 g/mol. The van der Waals surface area contributed by atoms with Crippen LogP contribution in [0, 0.1) is 19.8 Å². The molecule has 6 nitrogen and oxygen atoms in total. The van der Waals surface area contributed by atoms with Gasteiger partial charge in [-0.3, -0.25) is 9.59 Å². The van der Waals surface area contributed by atoms with Crippen LogP contribution in [0.15, 0.2) is 24.5 Å². The van der Waals surface area contributed by atoms with E-state index in [0.717, 1.165) is 61.2 Å². The lowest BCUT2D eigenvalue weighted by Gasteiger charge is -2.50. The standard InChI is InChI=1S/C23H28N4O2/c1-15-3-6-18(16(2)13-15)22(29)26-11-8-23(9-12-26)20-19(24-14-25-20)7-10-27(23)21(28)17-4-5-17/h3,6,13-14,17H,4-5,7-12H2,1-2H3,(H,24,25). The van der Waals surface area contributed by atoms with E-state index in [1.165, 1.54) is 5.56 Å². The Morgan fingerprint density at radius 3 is 2.59 bits per heavy atom. The van der Waals surface area contributed by atoms with Gasteiger partial charge in [-0.1, -0.05) is 17.7 Å². The van der Waals surface area contributed by atoms with Gasteiger partial charge in [0.25, 0.3) is 5.91 Å². The van der Waals surface area contributed by atoms with Crippen molar-refractivity contribution >= 4 is 11.8 Å². The number of H-pyrrole nitrogens is 1. The maximum atomic E-state index is 13.2. The van der Waals surface area contributed by atoms with Crippen LogP contribution in [0.5, 0.6) is 0 Å². The van der Waals surface area contributed by atoms with Gasteiger partial charge >= 0.3 is 0 Å². The summed E-state index contributed by atoms with van der Waals surface area (Å²) in [6.07, 6.45) is 6.11. The highest BCUT2D eigenvalue weighted by Gasteiger charge is 2.51. The van der Waals surface area contributed by atoms with E-state index in [2.05, 4.69) is 20.9 Å². The van der Waals surface area contributed by atoms with E-state index in [9.17, 15) is 9.59 Å². The van der Waals surface area contributed by atoms with Crippen molar-refractivity contribution in [1.82, 2.24) is 19.8 Å². The van der Waals surface area contributed by atoms with Crippen molar-refractivity contribution in [3.05, 3.63) is 52.6 Å². The Bertz CT molecular complexity index is 967. The zero-order valence-electron chi connectivity index (χ0n) is 17.2. The van der Waals surface area contributed by atoms with Crippen molar-refractivity contribution in [2.45, 2.75) is 51.5 Å². The highest BCUT2D eigenvalue weighted by molar-refractivity contribution is 5.95. The molecule has 3 aliphatic rings. The summed E-state index contributed by atoms with van der Waals surface area (Å²) in [5.41, 5.74) is 4.77. The molecule has 6 heteroatoms. The largest absolute Gasteiger partial charge is 0.348 e. The number of amides is 2. The number of benzene rings is 1. The van der Waals surface area contributed by atoms with E-state index < -0.39 is 0 Å². The minimum atomic E-state index is -0.369. The van der Waals surface area contributed by atoms with E-state index in [1.807, 2.05) is 30.9 Å². The lowest BCUT2D eigenvalue weighted by molar-refractivity contribution is -0.143. The number of carbonyl (C=O) groups excluding carboxylic acids is 2. The average molecular weight is 393 g/mol. The van der Waals surface area contributed by atoms with Crippen molar-refractivity contribution in [3.63, 3.8) is 0 Å². The Hall–Kier alpha value is -2.63. The summed E-state index contributed by atoms with van der Waals surface area (Å²) in [6, 6.07) is 6.00. The first kappa shape index (κ1) is 18.4. The van der Waals surface area contributed by atoms with Crippen LogP contribution in [0.25, 0.3) is 0 Å². The number of rotatable bonds is 2. The molecule has 1 spiro atoms. The van der Waals surface area contributed by atoms with Crippen molar-refractivity contribution in [2.75, 3.05) is 19.6 Å². The van der Waals surface area contributed by atoms with Gasteiger partial charge in [-0.05, 0) is 51.2 Å². The van der Waals surface area contributed by atoms with Gasteiger partial charge < -0.3 is 14.8 Å². The summed E-state index contributed by atoms with van der Waals surface area (Å²) in [5.74, 6) is 0.575. The van der Waals surface area contributed by atoms with Gasteiger partial charge in [0.1, 0.15) is 0 Å². The van der Waals surface area contributed by atoms with E-state index in [4.69, 9.17) is 0 Å². The monoisotopic (exact) mass is 392 g/mol. The lowest BCUT2D eigenvalue weighted by atomic mass is 9.78. The zero-order chi connectivity index (χ0) is 20.2. The third kappa shape index (κ3) is 2.96. The Morgan fingerprint density at radius 2 is 1.90 bits per heavy atom. The van der Waals surface area contributed by atoms with Crippen molar-refractivity contribution < 1.29 is 9.59 Å². The molecule has 1 saturated carbocycles. The van der Waals surface area contributed by atoms with Crippen LogP contribution in [-0.4, -0.2) is 51.2 Å². The van der Waals surface area contributed by atoms with Crippen molar-refractivity contribution in [3.8, 4) is 0 Å². The SMILES string of the molecule is Cc1ccc(C(=O)N2CCC3(CC2)c2nc[nH]c2CCN3C(=O)C2CC2)c(C)c1. The normalized spacial score (nSPS) is 20.6. The van der Waals surface area contributed by atoms with E-state index in [-0.39, 0.29) is 23.3 Å².